The standard InChI is InChI=1S/C23H21N3O3/c27-23(28)13-20-8-7-19-12-17-4-9-21(14-22(17)26(19)20)29-15-16-2-5-18(6-3-16)25-11-1-10-24-25/h1-6,9-12,14,20H,7-8,13,15H2,(H,27,28). The number of carbonyl (C=O) groups is 1. The van der Waals surface area contributed by atoms with Gasteiger partial charge in [-0.3, -0.25) is 4.79 Å². The lowest BCUT2D eigenvalue weighted by Gasteiger charge is -2.14. The van der Waals surface area contributed by atoms with Crippen LogP contribution >= 0.6 is 0 Å². The van der Waals surface area contributed by atoms with E-state index in [0.29, 0.717) is 6.61 Å². The molecule has 0 fully saturated rings. The van der Waals surface area contributed by atoms with E-state index in [9.17, 15) is 9.90 Å². The van der Waals surface area contributed by atoms with E-state index in [0.717, 1.165) is 40.7 Å². The topological polar surface area (TPSA) is 69.3 Å². The van der Waals surface area contributed by atoms with Gasteiger partial charge in [0.25, 0.3) is 0 Å². The minimum absolute atomic E-state index is 0.0186. The van der Waals surface area contributed by atoms with Crippen LogP contribution in [-0.2, 0) is 17.8 Å². The van der Waals surface area contributed by atoms with Crippen LogP contribution in [0.15, 0.2) is 67.0 Å². The third-order valence-electron chi connectivity index (χ3n) is 5.51. The molecule has 0 aliphatic carbocycles. The van der Waals surface area contributed by atoms with Gasteiger partial charge in [-0.05, 0) is 54.8 Å². The molecule has 0 saturated heterocycles. The molecule has 3 heterocycles. The third kappa shape index (κ3) is 3.38. The summed E-state index contributed by atoms with van der Waals surface area (Å²) in [6.45, 7) is 0.469. The molecule has 4 aromatic rings. The predicted octanol–water partition coefficient (Wildman–Crippen LogP) is 4.37. The molecule has 146 valence electrons. The number of aryl methyl sites for hydroxylation is 1. The van der Waals surface area contributed by atoms with Gasteiger partial charge in [-0.15, -0.1) is 0 Å². The number of benzene rings is 2. The fourth-order valence-electron chi connectivity index (χ4n) is 4.14. The van der Waals surface area contributed by atoms with E-state index in [1.165, 1.54) is 5.69 Å². The maximum Gasteiger partial charge on any atom is 0.305 e. The SMILES string of the molecule is O=C(O)CC1CCc2cc3ccc(OCc4ccc(-n5cccn5)cc4)cc3n21. The van der Waals surface area contributed by atoms with Crippen LogP contribution in [0.1, 0.15) is 30.1 Å². The lowest BCUT2D eigenvalue weighted by atomic mass is 10.1. The number of nitrogens with zero attached hydrogens (tertiary/aromatic N) is 3. The molecule has 29 heavy (non-hydrogen) atoms. The molecule has 0 spiro atoms. The second-order valence-electron chi connectivity index (χ2n) is 7.42. The average Bonchev–Trinajstić information content (AvgIpc) is 3.44. The largest absolute Gasteiger partial charge is 0.489 e. The van der Waals surface area contributed by atoms with Crippen molar-refractivity contribution in [1.29, 1.82) is 0 Å². The molecule has 1 aliphatic rings. The van der Waals surface area contributed by atoms with Gasteiger partial charge in [0.15, 0.2) is 0 Å². The van der Waals surface area contributed by atoms with Gasteiger partial charge in [0.2, 0.25) is 0 Å². The Balaban J connectivity index is 1.34. The minimum Gasteiger partial charge on any atom is -0.489 e. The lowest BCUT2D eigenvalue weighted by molar-refractivity contribution is -0.137. The smallest absolute Gasteiger partial charge is 0.305 e. The van der Waals surface area contributed by atoms with Gasteiger partial charge in [0, 0.05) is 35.6 Å². The summed E-state index contributed by atoms with van der Waals surface area (Å²) >= 11 is 0. The first-order valence-corrected chi connectivity index (χ1v) is 9.75. The molecular formula is C23H21N3O3. The third-order valence-corrected chi connectivity index (χ3v) is 5.51. The number of aromatic nitrogens is 3. The number of ether oxygens (including phenoxy) is 1. The zero-order chi connectivity index (χ0) is 19.8. The van der Waals surface area contributed by atoms with E-state index >= 15 is 0 Å². The fourth-order valence-corrected chi connectivity index (χ4v) is 4.14. The van der Waals surface area contributed by atoms with Gasteiger partial charge in [0.1, 0.15) is 12.4 Å². The Hall–Kier alpha value is -3.54. The van der Waals surface area contributed by atoms with Crippen molar-refractivity contribution in [3.63, 3.8) is 0 Å². The Morgan fingerprint density at radius 2 is 2.03 bits per heavy atom. The summed E-state index contributed by atoms with van der Waals surface area (Å²) in [5, 5.41) is 14.6. The van der Waals surface area contributed by atoms with E-state index in [2.05, 4.69) is 21.8 Å². The van der Waals surface area contributed by atoms with Gasteiger partial charge in [-0.2, -0.15) is 5.10 Å². The number of hydrogen-bond donors (Lipinski definition) is 1. The molecule has 2 aromatic heterocycles. The second-order valence-corrected chi connectivity index (χ2v) is 7.42. The highest BCUT2D eigenvalue weighted by atomic mass is 16.5. The molecule has 1 aliphatic heterocycles. The highest BCUT2D eigenvalue weighted by Crippen LogP contribution is 2.36. The molecule has 0 amide bonds. The maximum absolute atomic E-state index is 11.2. The molecule has 6 heteroatoms. The van der Waals surface area contributed by atoms with Crippen LogP contribution in [0.2, 0.25) is 0 Å². The summed E-state index contributed by atoms with van der Waals surface area (Å²) in [6.07, 6.45) is 5.63. The Labute approximate surface area is 168 Å². The summed E-state index contributed by atoms with van der Waals surface area (Å²) in [5.74, 6) is 0.0335. The molecule has 1 N–H and O–H groups in total. The monoisotopic (exact) mass is 387 g/mol. The molecule has 1 atom stereocenters. The Bertz CT molecular complexity index is 1160. The zero-order valence-corrected chi connectivity index (χ0v) is 15.9. The van der Waals surface area contributed by atoms with Crippen molar-refractivity contribution in [3.8, 4) is 11.4 Å². The van der Waals surface area contributed by atoms with E-state index in [4.69, 9.17) is 4.74 Å². The first kappa shape index (κ1) is 17.6. The normalized spacial score (nSPS) is 15.5. The first-order valence-electron chi connectivity index (χ1n) is 9.75. The van der Waals surface area contributed by atoms with Crippen molar-refractivity contribution in [2.75, 3.05) is 0 Å². The Morgan fingerprint density at radius 3 is 2.79 bits per heavy atom. The van der Waals surface area contributed by atoms with Crippen LogP contribution in [0.25, 0.3) is 16.6 Å². The Kier molecular flexibility index (Phi) is 4.31. The van der Waals surface area contributed by atoms with Gasteiger partial charge in [-0.25, -0.2) is 4.68 Å². The second kappa shape index (κ2) is 7.13. The van der Waals surface area contributed by atoms with Crippen LogP contribution in [0.4, 0.5) is 0 Å². The number of fused-ring (bicyclic) bond motifs is 3. The fraction of sp³-hybridized carbons (Fsp3) is 0.217. The van der Waals surface area contributed by atoms with Crippen molar-refractivity contribution in [2.45, 2.75) is 31.9 Å². The summed E-state index contributed by atoms with van der Waals surface area (Å²) in [6, 6.07) is 18.2. The van der Waals surface area contributed by atoms with E-state index in [1.807, 2.05) is 53.3 Å². The molecule has 2 aromatic carbocycles. The molecule has 0 bridgehead atoms. The summed E-state index contributed by atoms with van der Waals surface area (Å²) in [7, 11) is 0. The highest BCUT2D eigenvalue weighted by Gasteiger charge is 2.26. The Morgan fingerprint density at radius 1 is 1.17 bits per heavy atom. The van der Waals surface area contributed by atoms with E-state index in [-0.39, 0.29) is 12.5 Å². The first-order chi connectivity index (χ1) is 14.2. The van der Waals surface area contributed by atoms with Crippen LogP contribution in [0, 0.1) is 0 Å². The number of rotatable bonds is 6. The van der Waals surface area contributed by atoms with Crippen molar-refractivity contribution in [3.05, 3.63) is 78.2 Å². The van der Waals surface area contributed by atoms with Crippen LogP contribution in [-0.4, -0.2) is 25.4 Å². The average molecular weight is 387 g/mol. The van der Waals surface area contributed by atoms with Crippen LogP contribution < -0.4 is 4.74 Å². The quantitative estimate of drug-likeness (QED) is 0.533. The van der Waals surface area contributed by atoms with Gasteiger partial charge in [0.05, 0.1) is 17.6 Å². The van der Waals surface area contributed by atoms with Crippen molar-refractivity contribution < 1.29 is 14.6 Å². The highest BCUT2D eigenvalue weighted by molar-refractivity contribution is 5.83. The van der Waals surface area contributed by atoms with E-state index in [1.54, 1.807) is 6.20 Å². The number of carboxylic acid groups (broad SMARTS) is 1. The molecule has 5 rings (SSSR count). The van der Waals surface area contributed by atoms with Crippen LogP contribution in [0.5, 0.6) is 5.75 Å². The lowest BCUT2D eigenvalue weighted by Crippen LogP contribution is -2.09. The molecular weight excluding hydrogens is 366 g/mol. The summed E-state index contributed by atoms with van der Waals surface area (Å²) in [4.78, 5) is 11.2. The number of aliphatic carboxylic acids is 1. The molecule has 0 saturated carbocycles. The van der Waals surface area contributed by atoms with Crippen molar-refractivity contribution >= 4 is 16.9 Å². The van der Waals surface area contributed by atoms with Crippen LogP contribution in [0.3, 0.4) is 0 Å². The van der Waals surface area contributed by atoms with Gasteiger partial charge < -0.3 is 14.4 Å². The van der Waals surface area contributed by atoms with Crippen molar-refractivity contribution in [2.24, 2.45) is 0 Å². The predicted molar refractivity (Wildman–Crippen MR) is 109 cm³/mol. The number of carboxylic acids is 1. The van der Waals surface area contributed by atoms with E-state index < -0.39 is 5.97 Å². The molecule has 0 radical (unpaired) electrons. The van der Waals surface area contributed by atoms with Gasteiger partial charge in [-0.1, -0.05) is 12.1 Å². The number of hydrogen-bond acceptors (Lipinski definition) is 3. The maximum atomic E-state index is 11.2. The minimum atomic E-state index is -0.754. The molecule has 1 unspecified atom stereocenters. The summed E-state index contributed by atoms with van der Waals surface area (Å²) in [5.41, 5.74) is 4.34. The van der Waals surface area contributed by atoms with Crippen molar-refractivity contribution in [1.82, 2.24) is 14.3 Å². The zero-order valence-electron chi connectivity index (χ0n) is 15.9. The van der Waals surface area contributed by atoms with Gasteiger partial charge >= 0.3 is 5.97 Å². The molecule has 6 nitrogen and oxygen atoms in total. The summed E-state index contributed by atoms with van der Waals surface area (Å²) < 4.78 is 10.0.